The van der Waals surface area contributed by atoms with Gasteiger partial charge < -0.3 is 19.7 Å². The zero-order valence-corrected chi connectivity index (χ0v) is 20.0. The number of aryl methyl sites for hydroxylation is 2. The summed E-state index contributed by atoms with van der Waals surface area (Å²) in [5.74, 6) is -1.38. The number of aromatic nitrogens is 2. The Balaban J connectivity index is 0.000000479. The summed E-state index contributed by atoms with van der Waals surface area (Å²) in [5.41, 5.74) is 3.21. The Bertz CT molecular complexity index is 1320. The molecule has 4 rings (SSSR count). The maximum atomic E-state index is 12.5. The predicted octanol–water partition coefficient (Wildman–Crippen LogP) is 6.44. The fourth-order valence-electron chi connectivity index (χ4n) is 3.57. The number of ether oxygens (including phenoxy) is 1. The zero-order valence-electron chi connectivity index (χ0n) is 20.0. The van der Waals surface area contributed by atoms with E-state index in [0.29, 0.717) is 24.3 Å². The van der Waals surface area contributed by atoms with E-state index in [1.165, 1.54) is 16.5 Å². The Morgan fingerprint density at radius 3 is 2.35 bits per heavy atom. The maximum Gasteiger partial charge on any atom is 0.490 e. The molecule has 7 nitrogen and oxygen atoms in total. The SMILES string of the molecule is CCCn1cc(CCC(=O)Nc2ccc(Oc3cccnc3)cc2)c2ccccc21.O=C(O)C(F)(F)F. The van der Waals surface area contributed by atoms with Crippen LogP contribution in [0.5, 0.6) is 11.5 Å². The van der Waals surface area contributed by atoms with E-state index >= 15 is 0 Å². The van der Waals surface area contributed by atoms with Crippen LogP contribution in [-0.4, -0.2) is 32.7 Å². The first-order chi connectivity index (χ1) is 17.7. The number of nitrogens with one attached hydrogen (secondary N) is 1. The van der Waals surface area contributed by atoms with Crippen LogP contribution in [0.1, 0.15) is 25.3 Å². The molecule has 37 heavy (non-hydrogen) atoms. The van der Waals surface area contributed by atoms with Crippen LogP contribution in [0, 0.1) is 0 Å². The van der Waals surface area contributed by atoms with Crippen molar-refractivity contribution < 1.29 is 32.6 Å². The van der Waals surface area contributed by atoms with E-state index in [1.54, 1.807) is 12.4 Å². The van der Waals surface area contributed by atoms with E-state index in [-0.39, 0.29) is 5.91 Å². The second kappa shape index (κ2) is 12.6. The van der Waals surface area contributed by atoms with Crippen LogP contribution in [0.3, 0.4) is 0 Å². The van der Waals surface area contributed by atoms with Gasteiger partial charge in [-0.1, -0.05) is 25.1 Å². The molecular weight excluding hydrogens is 487 g/mol. The number of carbonyl (C=O) groups is 2. The van der Waals surface area contributed by atoms with Gasteiger partial charge in [-0.15, -0.1) is 0 Å². The summed E-state index contributed by atoms with van der Waals surface area (Å²) in [4.78, 5) is 25.4. The number of para-hydroxylation sites is 1. The minimum absolute atomic E-state index is 0.00301. The first kappa shape index (κ1) is 27.3. The number of halogens is 3. The van der Waals surface area contributed by atoms with Gasteiger partial charge in [-0.2, -0.15) is 13.2 Å². The monoisotopic (exact) mass is 513 g/mol. The number of hydrogen-bond acceptors (Lipinski definition) is 4. The molecule has 0 atom stereocenters. The second-order valence-corrected chi connectivity index (χ2v) is 8.03. The highest BCUT2D eigenvalue weighted by Crippen LogP contribution is 2.24. The van der Waals surface area contributed by atoms with Crippen molar-refractivity contribution in [3.05, 3.63) is 84.8 Å². The highest BCUT2D eigenvalue weighted by Gasteiger charge is 2.38. The number of pyridine rings is 1. The Morgan fingerprint density at radius 2 is 1.73 bits per heavy atom. The van der Waals surface area contributed by atoms with E-state index in [2.05, 4.69) is 52.3 Å². The first-order valence-electron chi connectivity index (χ1n) is 11.5. The largest absolute Gasteiger partial charge is 0.490 e. The number of rotatable bonds is 8. The number of benzene rings is 2. The lowest BCUT2D eigenvalue weighted by molar-refractivity contribution is -0.192. The highest BCUT2D eigenvalue weighted by atomic mass is 19.4. The molecular formula is C27H26F3N3O4. The average Bonchev–Trinajstić information content (AvgIpc) is 3.22. The Labute approximate surface area is 211 Å². The smallest absolute Gasteiger partial charge is 0.475 e. The van der Waals surface area contributed by atoms with E-state index in [0.717, 1.165) is 18.7 Å². The molecule has 0 bridgehead atoms. The number of fused-ring (bicyclic) bond motifs is 1. The molecule has 0 fully saturated rings. The van der Waals surface area contributed by atoms with Crippen molar-refractivity contribution in [3.8, 4) is 11.5 Å². The summed E-state index contributed by atoms with van der Waals surface area (Å²) >= 11 is 0. The Kier molecular flexibility index (Phi) is 9.26. The van der Waals surface area contributed by atoms with Gasteiger partial charge in [0.2, 0.25) is 5.91 Å². The van der Waals surface area contributed by atoms with Crippen molar-refractivity contribution in [2.24, 2.45) is 0 Å². The molecule has 4 aromatic rings. The number of aliphatic carboxylic acids is 1. The van der Waals surface area contributed by atoms with Crippen LogP contribution in [0.4, 0.5) is 18.9 Å². The van der Waals surface area contributed by atoms with E-state index in [4.69, 9.17) is 14.6 Å². The number of amides is 1. The minimum Gasteiger partial charge on any atom is -0.475 e. The van der Waals surface area contributed by atoms with Crippen LogP contribution in [-0.2, 0) is 22.6 Å². The number of anilines is 1. The number of carboxylic acids is 1. The molecule has 194 valence electrons. The van der Waals surface area contributed by atoms with Gasteiger partial charge in [-0.05, 0) is 60.9 Å². The summed E-state index contributed by atoms with van der Waals surface area (Å²) in [5, 5.41) is 11.3. The maximum absolute atomic E-state index is 12.5. The van der Waals surface area contributed by atoms with Gasteiger partial charge in [0.15, 0.2) is 0 Å². The molecule has 0 spiro atoms. The molecule has 1 amide bonds. The molecule has 10 heteroatoms. The predicted molar refractivity (Wildman–Crippen MR) is 134 cm³/mol. The number of alkyl halides is 3. The van der Waals surface area contributed by atoms with Crippen LogP contribution in [0.25, 0.3) is 10.9 Å². The fourth-order valence-corrected chi connectivity index (χ4v) is 3.57. The van der Waals surface area contributed by atoms with Crippen molar-refractivity contribution in [1.82, 2.24) is 9.55 Å². The Morgan fingerprint density at radius 1 is 1.03 bits per heavy atom. The van der Waals surface area contributed by atoms with Crippen molar-refractivity contribution in [1.29, 1.82) is 0 Å². The van der Waals surface area contributed by atoms with E-state index < -0.39 is 12.1 Å². The average molecular weight is 514 g/mol. The minimum atomic E-state index is -5.08. The molecule has 0 aliphatic rings. The molecule has 2 aromatic heterocycles. The quantitative estimate of drug-likeness (QED) is 0.283. The first-order valence-corrected chi connectivity index (χ1v) is 11.5. The fraction of sp³-hybridized carbons (Fsp3) is 0.222. The van der Waals surface area contributed by atoms with Crippen LogP contribution in [0.15, 0.2) is 79.3 Å². The standard InChI is InChI=1S/C25H25N3O2.C2HF3O2/c1-2-16-28-18-19(23-7-3-4-8-24(23)28)9-14-25(29)27-20-10-12-21(13-11-20)30-22-6-5-15-26-17-22;3-2(4,5)1(6)7/h3-8,10-13,15,17-18H,2,9,14,16H2,1H3,(H,27,29);(H,6,7). The molecule has 0 radical (unpaired) electrons. The highest BCUT2D eigenvalue weighted by molar-refractivity contribution is 5.91. The van der Waals surface area contributed by atoms with Gasteiger partial charge in [0.25, 0.3) is 0 Å². The van der Waals surface area contributed by atoms with E-state index in [1.807, 2.05) is 36.4 Å². The number of hydrogen-bond donors (Lipinski definition) is 2. The Hall–Kier alpha value is -4.34. The molecule has 0 saturated heterocycles. The van der Waals surface area contributed by atoms with Crippen molar-refractivity contribution in [2.45, 2.75) is 38.9 Å². The summed E-state index contributed by atoms with van der Waals surface area (Å²) in [6, 6.07) is 19.4. The summed E-state index contributed by atoms with van der Waals surface area (Å²) in [7, 11) is 0. The number of carboxylic acid groups (broad SMARTS) is 1. The lowest BCUT2D eigenvalue weighted by atomic mass is 10.1. The van der Waals surface area contributed by atoms with Gasteiger partial charge >= 0.3 is 12.1 Å². The second-order valence-electron chi connectivity index (χ2n) is 8.03. The third kappa shape index (κ3) is 8.09. The molecule has 2 aromatic carbocycles. The number of carbonyl (C=O) groups excluding carboxylic acids is 1. The third-order valence-corrected chi connectivity index (χ3v) is 5.21. The topological polar surface area (TPSA) is 93.5 Å². The zero-order chi connectivity index (χ0) is 26.8. The third-order valence-electron chi connectivity index (χ3n) is 5.21. The summed E-state index contributed by atoms with van der Waals surface area (Å²) in [6.07, 6.45) is 2.70. The molecule has 0 aliphatic heterocycles. The van der Waals surface area contributed by atoms with Gasteiger partial charge in [-0.25, -0.2) is 4.79 Å². The van der Waals surface area contributed by atoms with Gasteiger partial charge in [0.1, 0.15) is 11.5 Å². The molecule has 0 unspecified atom stereocenters. The number of nitrogens with zero attached hydrogens (tertiary/aromatic N) is 2. The van der Waals surface area contributed by atoms with Gasteiger partial charge in [-0.3, -0.25) is 9.78 Å². The van der Waals surface area contributed by atoms with Crippen LogP contribution in [0.2, 0.25) is 0 Å². The lowest BCUT2D eigenvalue weighted by Crippen LogP contribution is -2.21. The van der Waals surface area contributed by atoms with Gasteiger partial charge in [0, 0.05) is 41.9 Å². The van der Waals surface area contributed by atoms with Crippen molar-refractivity contribution in [2.75, 3.05) is 5.32 Å². The summed E-state index contributed by atoms with van der Waals surface area (Å²) < 4.78 is 39.7. The normalized spacial score (nSPS) is 10.9. The van der Waals surface area contributed by atoms with Crippen molar-refractivity contribution in [3.63, 3.8) is 0 Å². The van der Waals surface area contributed by atoms with Crippen molar-refractivity contribution >= 4 is 28.5 Å². The molecule has 2 N–H and O–H groups in total. The molecule has 2 heterocycles. The lowest BCUT2D eigenvalue weighted by Gasteiger charge is -2.08. The summed E-state index contributed by atoms with van der Waals surface area (Å²) in [6.45, 7) is 3.16. The molecule has 0 saturated carbocycles. The molecule has 0 aliphatic carbocycles. The van der Waals surface area contributed by atoms with Crippen LogP contribution < -0.4 is 10.1 Å². The van der Waals surface area contributed by atoms with E-state index in [9.17, 15) is 18.0 Å². The van der Waals surface area contributed by atoms with Gasteiger partial charge in [0.05, 0.1) is 6.20 Å². The van der Waals surface area contributed by atoms with Crippen LogP contribution >= 0.6 is 0 Å².